The summed E-state index contributed by atoms with van der Waals surface area (Å²) < 4.78 is 11.3. The molecular weight excluding hydrogens is 425 g/mol. The van der Waals surface area contributed by atoms with Crippen LogP contribution in [0.3, 0.4) is 0 Å². The number of hydrogen-bond acceptors (Lipinski definition) is 4. The van der Waals surface area contributed by atoms with Gasteiger partial charge in [0.05, 0.1) is 17.7 Å². The number of nitrogens with one attached hydrogen (secondary N) is 1. The van der Waals surface area contributed by atoms with E-state index >= 15 is 0 Å². The Morgan fingerprint density at radius 2 is 1.80 bits per heavy atom. The van der Waals surface area contributed by atoms with E-state index in [-0.39, 0.29) is 5.56 Å². The van der Waals surface area contributed by atoms with Gasteiger partial charge in [-0.2, -0.15) is 0 Å². The maximum absolute atomic E-state index is 11.3. The van der Waals surface area contributed by atoms with Gasteiger partial charge in [-0.3, -0.25) is 0 Å². The predicted octanol–water partition coefficient (Wildman–Crippen LogP) is 6.20. The lowest BCUT2D eigenvalue weighted by atomic mass is 10.1. The molecule has 156 valence electrons. The van der Waals surface area contributed by atoms with Gasteiger partial charge in [0, 0.05) is 17.3 Å². The number of carboxylic acids is 1. The molecule has 0 saturated heterocycles. The van der Waals surface area contributed by atoms with Crippen molar-refractivity contribution in [2.45, 2.75) is 20.1 Å². The van der Waals surface area contributed by atoms with E-state index in [1.807, 2.05) is 24.3 Å². The smallest absolute Gasteiger partial charge is 0.336 e. The van der Waals surface area contributed by atoms with Crippen LogP contribution in [-0.2, 0) is 13.2 Å². The van der Waals surface area contributed by atoms with Crippen molar-refractivity contribution in [2.75, 3.05) is 12.4 Å². The quantitative estimate of drug-likeness (QED) is 0.431. The monoisotopic (exact) mass is 445 g/mol. The summed E-state index contributed by atoms with van der Waals surface area (Å²) in [6.45, 7) is 2.54. The first kappa shape index (κ1) is 21.8. The van der Waals surface area contributed by atoms with Gasteiger partial charge in [-0.1, -0.05) is 41.4 Å². The molecule has 0 bridgehead atoms. The number of rotatable bonds is 8. The molecule has 30 heavy (non-hydrogen) atoms. The normalized spacial score (nSPS) is 10.5. The molecule has 0 atom stereocenters. The summed E-state index contributed by atoms with van der Waals surface area (Å²) in [7, 11) is 1.55. The van der Waals surface area contributed by atoms with Crippen molar-refractivity contribution >= 4 is 34.9 Å². The second kappa shape index (κ2) is 9.74. The molecule has 3 rings (SSSR count). The molecule has 7 heteroatoms. The number of aromatic carboxylic acids is 1. The minimum absolute atomic E-state index is 0.265. The third-order valence-electron chi connectivity index (χ3n) is 4.63. The van der Waals surface area contributed by atoms with Crippen LogP contribution >= 0.6 is 23.2 Å². The number of hydrogen-bond donors (Lipinski definition) is 2. The fraction of sp³-hybridized carbons (Fsp3) is 0.174. The summed E-state index contributed by atoms with van der Waals surface area (Å²) in [4.78, 5) is 11.3. The lowest BCUT2D eigenvalue weighted by molar-refractivity contribution is 0.0696. The summed E-state index contributed by atoms with van der Waals surface area (Å²) in [5, 5.41) is 13.6. The molecule has 0 saturated carbocycles. The van der Waals surface area contributed by atoms with Crippen molar-refractivity contribution in [1.82, 2.24) is 0 Å². The van der Waals surface area contributed by atoms with Crippen LogP contribution < -0.4 is 14.8 Å². The van der Waals surface area contributed by atoms with Crippen LogP contribution in [0.5, 0.6) is 11.5 Å². The zero-order valence-corrected chi connectivity index (χ0v) is 18.1. The fourth-order valence-corrected chi connectivity index (χ4v) is 3.42. The van der Waals surface area contributed by atoms with Gasteiger partial charge in [0.25, 0.3) is 0 Å². The molecule has 2 N–H and O–H groups in total. The molecular formula is C23H21Cl2NO4. The van der Waals surface area contributed by atoms with Crippen LogP contribution in [0.15, 0.2) is 54.6 Å². The molecule has 0 heterocycles. The first-order chi connectivity index (χ1) is 14.4. The lowest BCUT2D eigenvalue weighted by Gasteiger charge is -2.16. The number of halogens is 2. The first-order valence-electron chi connectivity index (χ1n) is 9.19. The van der Waals surface area contributed by atoms with Crippen LogP contribution in [0.1, 0.15) is 27.0 Å². The topological polar surface area (TPSA) is 67.8 Å². The van der Waals surface area contributed by atoms with Crippen LogP contribution in [0.4, 0.5) is 5.69 Å². The summed E-state index contributed by atoms with van der Waals surface area (Å²) in [6, 6.07) is 16.1. The Hall–Kier alpha value is -2.89. The Labute approximate surface area is 185 Å². The van der Waals surface area contributed by atoms with Gasteiger partial charge in [-0.05, 0) is 60.0 Å². The zero-order valence-electron chi connectivity index (χ0n) is 16.5. The Bertz CT molecular complexity index is 1050. The second-order valence-electron chi connectivity index (χ2n) is 6.66. The van der Waals surface area contributed by atoms with Crippen molar-refractivity contribution in [3.05, 3.63) is 86.9 Å². The van der Waals surface area contributed by atoms with Crippen molar-refractivity contribution in [3.8, 4) is 11.5 Å². The van der Waals surface area contributed by atoms with Crippen molar-refractivity contribution < 1.29 is 19.4 Å². The summed E-state index contributed by atoms with van der Waals surface area (Å²) in [5.74, 6) is 0.0225. The molecule has 3 aromatic rings. The van der Waals surface area contributed by atoms with E-state index in [1.54, 1.807) is 44.4 Å². The average molecular weight is 446 g/mol. The van der Waals surface area contributed by atoms with Gasteiger partial charge in [-0.15, -0.1) is 0 Å². The third kappa shape index (κ3) is 5.17. The molecule has 0 amide bonds. The standard InChI is InChI=1S/C23H21Cl2NO4/c1-14-18(23(27)28)4-3-5-20(14)26-12-16-10-19(25)22(21(11-16)29-2)30-13-15-6-8-17(24)9-7-15/h3-11,26H,12-13H2,1-2H3,(H,27,28). The third-order valence-corrected chi connectivity index (χ3v) is 5.17. The Kier molecular flexibility index (Phi) is 7.08. The molecule has 3 aromatic carbocycles. The predicted molar refractivity (Wildman–Crippen MR) is 119 cm³/mol. The fourth-order valence-electron chi connectivity index (χ4n) is 3.01. The van der Waals surface area contributed by atoms with Gasteiger partial charge in [0.1, 0.15) is 6.61 Å². The van der Waals surface area contributed by atoms with E-state index in [1.165, 1.54) is 0 Å². The molecule has 0 unspecified atom stereocenters. The minimum atomic E-state index is -0.956. The Morgan fingerprint density at radius 3 is 2.47 bits per heavy atom. The van der Waals surface area contributed by atoms with E-state index in [9.17, 15) is 9.90 Å². The van der Waals surface area contributed by atoms with E-state index < -0.39 is 5.97 Å². The number of anilines is 1. The molecule has 0 aliphatic heterocycles. The van der Waals surface area contributed by atoms with Crippen LogP contribution in [0, 0.1) is 6.92 Å². The van der Waals surface area contributed by atoms with Crippen molar-refractivity contribution in [1.29, 1.82) is 0 Å². The highest BCUT2D eigenvalue weighted by molar-refractivity contribution is 6.32. The van der Waals surface area contributed by atoms with Crippen molar-refractivity contribution in [2.24, 2.45) is 0 Å². The zero-order chi connectivity index (χ0) is 21.7. The van der Waals surface area contributed by atoms with Gasteiger partial charge < -0.3 is 19.9 Å². The number of benzene rings is 3. The second-order valence-corrected chi connectivity index (χ2v) is 7.50. The van der Waals surface area contributed by atoms with Crippen LogP contribution in [-0.4, -0.2) is 18.2 Å². The highest BCUT2D eigenvalue weighted by atomic mass is 35.5. The maximum atomic E-state index is 11.3. The summed E-state index contributed by atoms with van der Waals surface area (Å²) in [5.41, 5.74) is 3.51. The molecule has 0 aromatic heterocycles. The summed E-state index contributed by atoms with van der Waals surface area (Å²) in [6.07, 6.45) is 0. The Morgan fingerprint density at radius 1 is 1.07 bits per heavy atom. The molecule has 0 spiro atoms. The highest BCUT2D eigenvalue weighted by Gasteiger charge is 2.14. The average Bonchev–Trinajstić information content (AvgIpc) is 2.72. The largest absolute Gasteiger partial charge is 0.493 e. The lowest BCUT2D eigenvalue weighted by Crippen LogP contribution is -2.06. The molecule has 0 aliphatic rings. The highest BCUT2D eigenvalue weighted by Crippen LogP contribution is 2.37. The van der Waals surface area contributed by atoms with E-state index in [0.717, 1.165) is 16.8 Å². The molecule has 0 aliphatic carbocycles. The van der Waals surface area contributed by atoms with Crippen molar-refractivity contribution in [3.63, 3.8) is 0 Å². The van der Waals surface area contributed by atoms with E-state index in [4.69, 9.17) is 32.7 Å². The molecule has 0 radical (unpaired) electrons. The Balaban J connectivity index is 1.74. The van der Waals surface area contributed by atoms with Crippen LogP contribution in [0.25, 0.3) is 0 Å². The van der Waals surface area contributed by atoms with E-state index in [2.05, 4.69) is 5.32 Å². The summed E-state index contributed by atoms with van der Waals surface area (Å²) >= 11 is 12.4. The van der Waals surface area contributed by atoms with Gasteiger partial charge in [0.2, 0.25) is 0 Å². The number of methoxy groups -OCH3 is 1. The number of carbonyl (C=O) groups is 1. The maximum Gasteiger partial charge on any atom is 0.336 e. The number of carboxylic acid groups (broad SMARTS) is 1. The number of ether oxygens (including phenoxy) is 2. The van der Waals surface area contributed by atoms with Gasteiger partial charge in [0.15, 0.2) is 11.5 Å². The SMILES string of the molecule is COc1cc(CNc2cccc(C(=O)O)c2C)cc(Cl)c1OCc1ccc(Cl)cc1. The van der Waals surface area contributed by atoms with Gasteiger partial charge in [-0.25, -0.2) is 4.79 Å². The van der Waals surface area contributed by atoms with Crippen LogP contribution in [0.2, 0.25) is 10.0 Å². The van der Waals surface area contributed by atoms with E-state index in [0.29, 0.717) is 40.3 Å². The first-order valence-corrected chi connectivity index (χ1v) is 9.95. The molecule has 5 nitrogen and oxygen atoms in total. The molecule has 0 fully saturated rings. The minimum Gasteiger partial charge on any atom is -0.493 e. The van der Waals surface area contributed by atoms with Gasteiger partial charge >= 0.3 is 5.97 Å².